The van der Waals surface area contributed by atoms with Crippen molar-refractivity contribution in [3.8, 4) is 11.5 Å². The second kappa shape index (κ2) is 12.4. The molecule has 0 bridgehead atoms. The number of halogens is 2. The van der Waals surface area contributed by atoms with Gasteiger partial charge >= 0.3 is 0 Å². The smallest absolute Gasteiger partial charge is 0.247 e. The molecule has 0 aliphatic carbocycles. The van der Waals surface area contributed by atoms with E-state index >= 15 is 8.78 Å². The maximum Gasteiger partial charge on any atom is 0.247 e. The molecule has 10 nitrogen and oxygen atoms in total. The van der Waals surface area contributed by atoms with Gasteiger partial charge < -0.3 is 30.2 Å². The van der Waals surface area contributed by atoms with Crippen LogP contribution in [0.1, 0.15) is 21.6 Å². The van der Waals surface area contributed by atoms with Crippen LogP contribution >= 0.6 is 0 Å². The number of pyridine rings is 2. The molecule has 12 heteroatoms. The number of methoxy groups -OCH3 is 2. The molecule has 3 heterocycles. The Labute approximate surface area is 246 Å². The SMILES string of the molecule is C=CC(=O)Nc1cccc(C)c1Nc1cc2cc(NCC3COC3)c(C(=O)c3c(F)c(OC)cc(OC)c3F)nc2cn1. The molecule has 0 atom stereocenters. The number of hydrogen-bond donors (Lipinski definition) is 3. The molecule has 5 rings (SSSR count). The van der Waals surface area contributed by atoms with Gasteiger partial charge in [-0.05, 0) is 36.8 Å². The zero-order valence-electron chi connectivity index (χ0n) is 23.7. The maximum atomic E-state index is 15.3. The predicted octanol–water partition coefficient (Wildman–Crippen LogP) is 5.39. The van der Waals surface area contributed by atoms with Gasteiger partial charge in [0.25, 0.3) is 0 Å². The number of ether oxygens (including phenoxy) is 3. The fourth-order valence-corrected chi connectivity index (χ4v) is 4.56. The summed E-state index contributed by atoms with van der Waals surface area (Å²) in [7, 11) is 2.41. The van der Waals surface area contributed by atoms with Crippen molar-refractivity contribution in [3.05, 3.63) is 83.7 Å². The van der Waals surface area contributed by atoms with Crippen LogP contribution in [0.3, 0.4) is 0 Å². The Morgan fingerprint density at radius 3 is 2.44 bits per heavy atom. The third-order valence-electron chi connectivity index (χ3n) is 6.97. The lowest BCUT2D eigenvalue weighted by molar-refractivity contribution is -0.111. The summed E-state index contributed by atoms with van der Waals surface area (Å²) in [4.78, 5) is 34.6. The van der Waals surface area contributed by atoms with Gasteiger partial charge in [0.05, 0.1) is 56.2 Å². The van der Waals surface area contributed by atoms with Gasteiger partial charge in [0.15, 0.2) is 23.1 Å². The minimum atomic E-state index is -1.17. The molecule has 43 heavy (non-hydrogen) atoms. The normalized spacial score (nSPS) is 12.8. The van der Waals surface area contributed by atoms with Gasteiger partial charge in [-0.25, -0.2) is 18.7 Å². The van der Waals surface area contributed by atoms with Gasteiger partial charge in [-0.3, -0.25) is 9.59 Å². The summed E-state index contributed by atoms with van der Waals surface area (Å²) < 4.78 is 45.8. The molecule has 0 radical (unpaired) electrons. The molecule has 4 aromatic rings. The van der Waals surface area contributed by atoms with Crippen LogP contribution in [0, 0.1) is 24.5 Å². The first kappa shape index (κ1) is 29.4. The van der Waals surface area contributed by atoms with Crippen LogP contribution < -0.4 is 25.4 Å². The highest BCUT2D eigenvalue weighted by atomic mass is 19.1. The third-order valence-corrected chi connectivity index (χ3v) is 6.97. The summed E-state index contributed by atoms with van der Waals surface area (Å²) in [6, 6.07) is 9.86. The molecule has 1 aliphatic heterocycles. The van der Waals surface area contributed by atoms with Crippen molar-refractivity contribution in [2.75, 3.05) is 49.9 Å². The molecular weight excluding hydrogens is 560 g/mol. The molecule has 1 aliphatic rings. The van der Waals surface area contributed by atoms with E-state index in [0.717, 1.165) is 11.6 Å². The summed E-state index contributed by atoms with van der Waals surface area (Å²) in [6.07, 6.45) is 2.62. The van der Waals surface area contributed by atoms with Crippen LogP contribution in [0.2, 0.25) is 0 Å². The number of carbonyl (C=O) groups excluding carboxylic acids is 2. The number of fused-ring (bicyclic) bond motifs is 1. The van der Waals surface area contributed by atoms with E-state index in [4.69, 9.17) is 14.2 Å². The lowest BCUT2D eigenvalue weighted by Crippen LogP contribution is -2.33. The number of para-hydroxylation sites is 1. The van der Waals surface area contributed by atoms with E-state index in [2.05, 4.69) is 32.5 Å². The number of ketones is 1. The lowest BCUT2D eigenvalue weighted by atomic mass is 10.0. The number of amides is 1. The van der Waals surface area contributed by atoms with Crippen molar-refractivity contribution in [1.29, 1.82) is 0 Å². The number of nitrogens with zero attached hydrogens (tertiary/aromatic N) is 2. The van der Waals surface area contributed by atoms with Gasteiger partial charge in [-0.1, -0.05) is 18.7 Å². The molecule has 1 fully saturated rings. The lowest BCUT2D eigenvalue weighted by Gasteiger charge is -2.26. The van der Waals surface area contributed by atoms with Crippen LogP contribution in [0.4, 0.5) is 31.7 Å². The average Bonchev–Trinajstić information content (AvgIpc) is 2.97. The van der Waals surface area contributed by atoms with Crippen molar-refractivity contribution in [1.82, 2.24) is 9.97 Å². The van der Waals surface area contributed by atoms with Gasteiger partial charge in [-0.15, -0.1) is 0 Å². The Morgan fingerprint density at radius 1 is 1.09 bits per heavy atom. The molecule has 222 valence electrons. The van der Waals surface area contributed by atoms with Gasteiger partial charge in [-0.2, -0.15) is 0 Å². The fourth-order valence-electron chi connectivity index (χ4n) is 4.56. The van der Waals surface area contributed by atoms with Gasteiger partial charge in [0, 0.05) is 23.9 Å². The highest BCUT2D eigenvalue weighted by molar-refractivity contribution is 6.13. The molecule has 2 aromatic carbocycles. The van der Waals surface area contributed by atoms with E-state index in [1.165, 1.54) is 26.5 Å². The van der Waals surface area contributed by atoms with Gasteiger partial charge in [0.2, 0.25) is 11.7 Å². The van der Waals surface area contributed by atoms with E-state index in [9.17, 15) is 9.59 Å². The van der Waals surface area contributed by atoms with Crippen LogP contribution in [0.5, 0.6) is 11.5 Å². The van der Waals surface area contributed by atoms with Crippen molar-refractivity contribution in [2.45, 2.75) is 6.92 Å². The first-order valence-electron chi connectivity index (χ1n) is 13.3. The van der Waals surface area contributed by atoms with E-state index < -0.39 is 23.0 Å². The second-order valence-electron chi connectivity index (χ2n) is 9.86. The second-order valence-corrected chi connectivity index (χ2v) is 9.86. The van der Waals surface area contributed by atoms with Crippen molar-refractivity contribution in [3.63, 3.8) is 0 Å². The number of anilines is 4. The monoisotopic (exact) mass is 589 g/mol. The van der Waals surface area contributed by atoms with E-state index in [1.807, 2.05) is 19.1 Å². The number of benzene rings is 2. The minimum Gasteiger partial charge on any atom is -0.494 e. The summed E-state index contributed by atoms with van der Waals surface area (Å²) in [5.41, 5.74) is 1.56. The Kier molecular flexibility index (Phi) is 8.48. The predicted molar refractivity (Wildman–Crippen MR) is 159 cm³/mol. The van der Waals surface area contributed by atoms with Crippen molar-refractivity contribution < 1.29 is 32.6 Å². The molecular formula is C31H29F2N5O5. The number of aryl methyl sites for hydroxylation is 1. The molecule has 2 aromatic heterocycles. The van der Waals surface area contributed by atoms with Crippen molar-refractivity contribution >= 4 is 45.5 Å². The van der Waals surface area contributed by atoms with E-state index in [1.54, 1.807) is 18.2 Å². The number of carbonyl (C=O) groups is 2. The van der Waals surface area contributed by atoms with Crippen molar-refractivity contribution in [2.24, 2.45) is 5.92 Å². The first-order valence-corrected chi connectivity index (χ1v) is 13.3. The minimum absolute atomic E-state index is 0.198. The zero-order chi connectivity index (χ0) is 30.7. The Hall–Kier alpha value is -5.10. The summed E-state index contributed by atoms with van der Waals surface area (Å²) in [6.45, 7) is 6.92. The number of nitrogens with one attached hydrogen (secondary N) is 3. The average molecular weight is 590 g/mol. The maximum absolute atomic E-state index is 15.3. The Bertz CT molecular complexity index is 1710. The Morgan fingerprint density at radius 2 is 1.81 bits per heavy atom. The summed E-state index contributed by atoms with van der Waals surface area (Å²) >= 11 is 0. The van der Waals surface area contributed by atoms with E-state index in [-0.39, 0.29) is 34.7 Å². The number of hydrogen-bond acceptors (Lipinski definition) is 9. The number of rotatable bonds is 11. The van der Waals surface area contributed by atoms with E-state index in [0.29, 0.717) is 47.9 Å². The number of aromatic nitrogens is 2. The van der Waals surface area contributed by atoms with Gasteiger partial charge in [0.1, 0.15) is 17.1 Å². The van der Waals surface area contributed by atoms with Crippen LogP contribution in [-0.4, -0.2) is 55.6 Å². The molecule has 0 spiro atoms. The topological polar surface area (TPSA) is 124 Å². The zero-order valence-corrected chi connectivity index (χ0v) is 23.7. The first-order chi connectivity index (χ1) is 20.7. The molecule has 0 unspecified atom stereocenters. The third kappa shape index (κ3) is 5.95. The summed E-state index contributed by atoms with van der Waals surface area (Å²) in [5.74, 6) is -3.75. The standard InChI is InChI=1S/C31H29F2N5O5/c1-5-25(39)36-19-8-6-7-16(2)29(19)38-24-10-18-9-20(34-12-17-14-43-15-17)30(37-21(18)13-35-24)31(40)26-27(32)22(41-3)11-23(42-4)28(26)33/h5-11,13,17,34H,1,12,14-15H2,2-4H3,(H,35,38)(H,36,39). The quantitative estimate of drug-likeness (QED) is 0.156. The van der Waals surface area contributed by atoms with Crippen LogP contribution in [0.25, 0.3) is 10.9 Å². The molecule has 1 amide bonds. The molecule has 0 saturated carbocycles. The highest BCUT2D eigenvalue weighted by Gasteiger charge is 2.30. The largest absolute Gasteiger partial charge is 0.494 e. The van der Waals surface area contributed by atoms with Crippen LogP contribution in [-0.2, 0) is 9.53 Å². The highest BCUT2D eigenvalue weighted by Crippen LogP contribution is 2.35. The summed E-state index contributed by atoms with van der Waals surface area (Å²) in [5, 5.41) is 9.80. The van der Waals surface area contributed by atoms with Crippen LogP contribution in [0.15, 0.2) is 55.3 Å². The Balaban J connectivity index is 1.57. The molecule has 1 saturated heterocycles. The molecule has 3 N–H and O–H groups in total. The fraction of sp³-hybridized carbons (Fsp3) is 0.226.